The average Bonchev–Trinajstić information content (AvgIpc) is 2.39. The summed E-state index contributed by atoms with van der Waals surface area (Å²) >= 11 is 0. The molecule has 0 saturated carbocycles. The molecule has 1 aliphatic heterocycles. The van der Waals surface area contributed by atoms with Crippen LogP contribution in [0, 0.1) is 5.41 Å². The van der Waals surface area contributed by atoms with Gasteiger partial charge in [-0.2, -0.15) is 0 Å². The van der Waals surface area contributed by atoms with Gasteiger partial charge >= 0.3 is 0 Å². The molecule has 20 heavy (non-hydrogen) atoms. The van der Waals surface area contributed by atoms with Crippen molar-refractivity contribution in [3.05, 3.63) is 0 Å². The highest BCUT2D eigenvalue weighted by molar-refractivity contribution is 5.80. The molecule has 4 nitrogen and oxygen atoms in total. The SMILES string of the molecule is CCCCCCC(C)NC(=NCC1(C)COC1)NCC. The summed E-state index contributed by atoms with van der Waals surface area (Å²) in [4.78, 5) is 4.71. The Labute approximate surface area is 124 Å². The van der Waals surface area contributed by atoms with Crippen LogP contribution in [0.2, 0.25) is 0 Å². The lowest BCUT2D eigenvalue weighted by molar-refractivity contribution is -0.0945. The molecule has 2 N–H and O–H groups in total. The summed E-state index contributed by atoms with van der Waals surface area (Å²) < 4.78 is 5.28. The van der Waals surface area contributed by atoms with Crippen molar-refractivity contribution in [2.75, 3.05) is 26.3 Å². The van der Waals surface area contributed by atoms with Crippen molar-refractivity contribution < 1.29 is 4.74 Å². The van der Waals surface area contributed by atoms with Gasteiger partial charge in [-0.05, 0) is 20.3 Å². The Balaban J connectivity index is 2.31. The monoisotopic (exact) mass is 283 g/mol. The van der Waals surface area contributed by atoms with Crippen molar-refractivity contribution in [1.29, 1.82) is 0 Å². The molecule has 1 fully saturated rings. The van der Waals surface area contributed by atoms with Crippen LogP contribution in [-0.4, -0.2) is 38.3 Å². The lowest BCUT2D eigenvalue weighted by Gasteiger charge is -2.36. The summed E-state index contributed by atoms with van der Waals surface area (Å²) in [5.41, 5.74) is 0.243. The maximum Gasteiger partial charge on any atom is 0.191 e. The average molecular weight is 283 g/mol. The maximum absolute atomic E-state index is 5.28. The lowest BCUT2D eigenvalue weighted by Crippen LogP contribution is -2.46. The number of nitrogens with one attached hydrogen (secondary N) is 2. The molecule has 1 heterocycles. The molecule has 0 spiro atoms. The van der Waals surface area contributed by atoms with Gasteiger partial charge in [-0.15, -0.1) is 0 Å². The molecule has 1 saturated heterocycles. The second-order valence-electron chi connectivity index (χ2n) is 6.39. The van der Waals surface area contributed by atoms with Crippen LogP contribution in [-0.2, 0) is 4.74 Å². The smallest absolute Gasteiger partial charge is 0.191 e. The first-order valence-electron chi connectivity index (χ1n) is 8.22. The topological polar surface area (TPSA) is 45.7 Å². The van der Waals surface area contributed by atoms with Gasteiger partial charge in [0.1, 0.15) is 0 Å². The summed E-state index contributed by atoms with van der Waals surface area (Å²) in [6.07, 6.45) is 6.50. The zero-order chi connectivity index (χ0) is 14.8. The molecule has 1 unspecified atom stereocenters. The number of hydrogen-bond acceptors (Lipinski definition) is 2. The molecular formula is C16H33N3O. The summed E-state index contributed by atoms with van der Waals surface area (Å²) in [6.45, 7) is 12.3. The van der Waals surface area contributed by atoms with Gasteiger partial charge in [0.2, 0.25) is 0 Å². The van der Waals surface area contributed by atoms with Crippen molar-refractivity contribution in [2.45, 2.75) is 65.8 Å². The largest absolute Gasteiger partial charge is 0.380 e. The second kappa shape index (κ2) is 9.22. The van der Waals surface area contributed by atoms with Crippen LogP contribution >= 0.6 is 0 Å². The molecule has 0 aromatic rings. The summed E-state index contributed by atoms with van der Waals surface area (Å²) in [5, 5.41) is 6.85. The predicted molar refractivity (Wildman–Crippen MR) is 86.3 cm³/mol. The Morgan fingerprint density at radius 1 is 1.25 bits per heavy atom. The molecule has 4 heteroatoms. The van der Waals surface area contributed by atoms with E-state index in [9.17, 15) is 0 Å². The summed E-state index contributed by atoms with van der Waals surface area (Å²) in [6, 6.07) is 0.482. The van der Waals surface area contributed by atoms with Gasteiger partial charge in [0.05, 0.1) is 19.8 Å². The zero-order valence-electron chi connectivity index (χ0n) is 13.8. The van der Waals surface area contributed by atoms with Crippen LogP contribution in [0.5, 0.6) is 0 Å². The van der Waals surface area contributed by atoms with Gasteiger partial charge in [0.25, 0.3) is 0 Å². The fourth-order valence-electron chi connectivity index (χ4n) is 2.31. The van der Waals surface area contributed by atoms with Crippen molar-refractivity contribution in [3.63, 3.8) is 0 Å². The molecular weight excluding hydrogens is 250 g/mol. The number of ether oxygens (including phenoxy) is 1. The van der Waals surface area contributed by atoms with E-state index in [0.29, 0.717) is 6.04 Å². The van der Waals surface area contributed by atoms with E-state index in [1.165, 1.54) is 32.1 Å². The van der Waals surface area contributed by atoms with E-state index in [1.807, 2.05) is 0 Å². The summed E-state index contributed by atoms with van der Waals surface area (Å²) in [7, 11) is 0. The van der Waals surface area contributed by atoms with Gasteiger partial charge < -0.3 is 15.4 Å². The van der Waals surface area contributed by atoms with Crippen molar-refractivity contribution in [1.82, 2.24) is 10.6 Å². The van der Waals surface area contributed by atoms with Crippen LogP contribution in [0.1, 0.15) is 59.8 Å². The quantitative estimate of drug-likeness (QED) is 0.388. The van der Waals surface area contributed by atoms with Gasteiger partial charge in [-0.1, -0.05) is 39.5 Å². The molecule has 118 valence electrons. The van der Waals surface area contributed by atoms with Crippen LogP contribution in [0.25, 0.3) is 0 Å². The molecule has 1 rings (SSSR count). The molecule has 0 aliphatic carbocycles. The number of guanidine groups is 1. The fraction of sp³-hybridized carbons (Fsp3) is 0.938. The van der Waals surface area contributed by atoms with E-state index in [4.69, 9.17) is 9.73 Å². The molecule has 0 aromatic heterocycles. The third-order valence-electron chi connectivity index (χ3n) is 3.74. The van der Waals surface area contributed by atoms with E-state index in [0.717, 1.165) is 32.3 Å². The normalized spacial score (nSPS) is 19.3. The Hall–Kier alpha value is -0.770. The van der Waals surface area contributed by atoms with Gasteiger partial charge in [0.15, 0.2) is 5.96 Å². The highest BCUT2D eigenvalue weighted by Gasteiger charge is 2.33. The molecule has 1 aliphatic rings. The Kier molecular flexibility index (Phi) is 7.97. The minimum absolute atomic E-state index is 0.243. The van der Waals surface area contributed by atoms with E-state index in [-0.39, 0.29) is 5.41 Å². The standard InChI is InChI=1S/C16H33N3O/c1-5-7-8-9-10-14(3)19-15(17-6-2)18-11-16(4)12-20-13-16/h14H,5-13H2,1-4H3,(H2,17,18,19). The Bertz CT molecular complexity index is 287. The van der Waals surface area contributed by atoms with Crippen molar-refractivity contribution in [2.24, 2.45) is 10.4 Å². The molecule has 0 bridgehead atoms. The van der Waals surface area contributed by atoms with Gasteiger partial charge in [-0.3, -0.25) is 4.99 Å². The van der Waals surface area contributed by atoms with Gasteiger partial charge in [0, 0.05) is 18.0 Å². The van der Waals surface area contributed by atoms with Crippen LogP contribution in [0.4, 0.5) is 0 Å². The number of hydrogen-bond donors (Lipinski definition) is 2. The third-order valence-corrected chi connectivity index (χ3v) is 3.74. The second-order valence-corrected chi connectivity index (χ2v) is 6.39. The Morgan fingerprint density at radius 3 is 2.55 bits per heavy atom. The molecule has 1 atom stereocenters. The highest BCUT2D eigenvalue weighted by atomic mass is 16.5. The number of unbranched alkanes of at least 4 members (excludes halogenated alkanes) is 3. The minimum Gasteiger partial charge on any atom is -0.380 e. The zero-order valence-corrected chi connectivity index (χ0v) is 13.8. The first kappa shape index (κ1) is 17.3. The number of aliphatic imine (C=N–C) groups is 1. The van der Waals surface area contributed by atoms with E-state index in [2.05, 4.69) is 38.3 Å². The summed E-state index contributed by atoms with van der Waals surface area (Å²) in [5.74, 6) is 0.948. The number of rotatable bonds is 9. The first-order valence-corrected chi connectivity index (χ1v) is 8.22. The molecule has 0 aromatic carbocycles. The van der Waals surface area contributed by atoms with Gasteiger partial charge in [-0.25, -0.2) is 0 Å². The molecule has 0 radical (unpaired) electrons. The third kappa shape index (κ3) is 6.60. The van der Waals surface area contributed by atoms with Crippen molar-refractivity contribution in [3.8, 4) is 0 Å². The van der Waals surface area contributed by atoms with Crippen LogP contribution in [0.3, 0.4) is 0 Å². The lowest BCUT2D eigenvalue weighted by atomic mass is 9.89. The van der Waals surface area contributed by atoms with Crippen LogP contribution in [0.15, 0.2) is 4.99 Å². The van der Waals surface area contributed by atoms with E-state index >= 15 is 0 Å². The Morgan fingerprint density at radius 2 is 2.00 bits per heavy atom. The predicted octanol–water partition coefficient (Wildman–Crippen LogP) is 2.94. The first-order chi connectivity index (χ1) is 9.59. The van der Waals surface area contributed by atoms with Crippen molar-refractivity contribution >= 4 is 5.96 Å². The molecule has 0 amide bonds. The van der Waals surface area contributed by atoms with Crippen LogP contribution < -0.4 is 10.6 Å². The fourth-order valence-corrected chi connectivity index (χ4v) is 2.31. The minimum atomic E-state index is 0.243. The van der Waals surface area contributed by atoms with E-state index < -0.39 is 0 Å². The number of nitrogens with zero attached hydrogens (tertiary/aromatic N) is 1. The maximum atomic E-state index is 5.28. The highest BCUT2D eigenvalue weighted by Crippen LogP contribution is 2.26. The van der Waals surface area contributed by atoms with E-state index in [1.54, 1.807) is 0 Å².